The van der Waals surface area contributed by atoms with Gasteiger partial charge in [0.25, 0.3) is 0 Å². The summed E-state index contributed by atoms with van der Waals surface area (Å²) in [6.07, 6.45) is 9.83. The average Bonchev–Trinajstić information content (AvgIpc) is 2.69. The van der Waals surface area contributed by atoms with Crippen LogP contribution in [0.3, 0.4) is 0 Å². The minimum absolute atomic E-state index is 0.0106. The number of hydrogen-bond donors (Lipinski definition) is 2. The second kappa shape index (κ2) is 12.3. The van der Waals surface area contributed by atoms with Gasteiger partial charge in [-0.05, 0) is 18.6 Å². The molecule has 1 aromatic carbocycles. The Morgan fingerprint density at radius 1 is 0.929 bits per heavy atom. The topological polar surface area (TPSA) is 89.1 Å². The zero-order chi connectivity index (χ0) is 20.2. The molecule has 28 heavy (non-hydrogen) atoms. The highest BCUT2D eigenvalue weighted by atomic mass is 16.5. The Labute approximate surface area is 166 Å². The molecule has 0 spiro atoms. The molecule has 0 saturated carbocycles. The Balaban J connectivity index is 1.92. The summed E-state index contributed by atoms with van der Waals surface area (Å²) < 4.78 is 16.4. The Hall–Kier alpha value is -2.21. The van der Waals surface area contributed by atoms with Gasteiger partial charge in [0.1, 0.15) is 0 Å². The lowest BCUT2D eigenvalue weighted by Gasteiger charge is -2.11. The maximum Gasteiger partial charge on any atom is 0.383 e. The van der Waals surface area contributed by atoms with Gasteiger partial charge in [0.2, 0.25) is 5.75 Å². The Morgan fingerprint density at radius 3 is 2.32 bits per heavy atom. The fourth-order valence-corrected chi connectivity index (χ4v) is 3.06. The van der Waals surface area contributed by atoms with Crippen molar-refractivity contribution in [2.75, 3.05) is 19.8 Å². The van der Waals surface area contributed by atoms with E-state index in [1.54, 1.807) is 18.2 Å². The number of hydrogen-bond acceptors (Lipinski definition) is 6. The molecule has 156 valence electrons. The summed E-state index contributed by atoms with van der Waals surface area (Å²) in [6.45, 7) is 2.88. The fraction of sp³-hybridized carbons (Fsp3) is 0.591. The van der Waals surface area contributed by atoms with E-state index in [-0.39, 0.29) is 30.3 Å². The van der Waals surface area contributed by atoms with Gasteiger partial charge in [-0.25, -0.2) is 4.79 Å². The Kier molecular flexibility index (Phi) is 9.69. The summed E-state index contributed by atoms with van der Waals surface area (Å²) in [7, 11) is 0. The van der Waals surface area contributed by atoms with E-state index < -0.39 is 5.63 Å². The molecule has 0 aliphatic rings. The molecule has 6 nitrogen and oxygen atoms in total. The molecule has 2 N–H and O–H groups in total. The molecule has 1 aromatic heterocycles. The molecule has 0 atom stereocenters. The van der Waals surface area contributed by atoms with Crippen LogP contribution in [0.25, 0.3) is 11.0 Å². The lowest BCUT2D eigenvalue weighted by atomic mass is 10.1. The number of aliphatic hydroxyl groups is 1. The van der Waals surface area contributed by atoms with E-state index in [4.69, 9.17) is 19.0 Å². The first-order valence-electron chi connectivity index (χ1n) is 10.3. The molecule has 0 fully saturated rings. The molecule has 0 saturated heterocycles. The summed E-state index contributed by atoms with van der Waals surface area (Å²) in [6, 6.07) is 5.01. The zero-order valence-electron chi connectivity index (χ0n) is 16.7. The molecule has 0 aliphatic heterocycles. The van der Waals surface area contributed by atoms with Crippen LogP contribution in [-0.2, 0) is 0 Å². The van der Waals surface area contributed by atoms with Crippen LogP contribution in [0.4, 0.5) is 0 Å². The van der Waals surface area contributed by atoms with Crippen LogP contribution in [0.1, 0.15) is 64.7 Å². The van der Waals surface area contributed by atoms with E-state index >= 15 is 0 Å². The van der Waals surface area contributed by atoms with Crippen LogP contribution in [0.2, 0.25) is 0 Å². The van der Waals surface area contributed by atoms with E-state index in [2.05, 4.69) is 6.92 Å². The second-order valence-electron chi connectivity index (χ2n) is 6.95. The maximum atomic E-state index is 12.3. The van der Waals surface area contributed by atoms with E-state index in [0.29, 0.717) is 24.2 Å². The highest BCUT2D eigenvalue weighted by Crippen LogP contribution is 2.35. The van der Waals surface area contributed by atoms with Gasteiger partial charge in [-0.2, -0.15) is 0 Å². The normalized spacial score (nSPS) is 11.1. The number of unbranched alkanes of at least 4 members (excludes halogenated alkanes) is 7. The molecule has 2 rings (SSSR count). The molecule has 0 bridgehead atoms. The van der Waals surface area contributed by atoms with Crippen molar-refractivity contribution in [3.63, 3.8) is 0 Å². The minimum atomic E-state index is -0.720. The smallest absolute Gasteiger partial charge is 0.383 e. The predicted octanol–water partition coefficient (Wildman–Crippen LogP) is 4.78. The minimum Gasteiger partial charge on any atom is -0.504 e. The van der Waals surface area contributed by atoms with Gasteiger partial charge in [-0.15, -0.1) is 0 Å². The molecule has 2 aromatic rings. The highest BCUT2D eigenvalue weighted by molar-refractivity contribution is 5.89. The monoisotopic (exact) mass is 392 g/mol. The number of para-hydroxylation sites is 1. The summed E-state index contributed by atoms with van der Waals surface area (Å²) in [5.74, 6) is -0.0191. The Morgan fingerprint density at radius 2 is 1.61 bits per heavy atom. The van der Waals surface area contributed by atoms with Crippen LogP contribution in [0.5, 0.6) is 17.2 Å². The van der Waals surface area contributed by atoms with Gasteiger partial charge in [-0.3, -0.25) is 0 Å². The zero-order valence-corrected chi connectivity index (χ0v) is 16.7. The second-order valence-corrected chi connectivity index (χ2v) is 6.95. The van der Waals surface area contributed by atoms with Crippen molar-refractivity contribution in [1.82, 2.24) is 0 Å². The van der Waals surface area contributed by atoms with Crippen molar-refractivity contribution < 1.29 is 24.1 Å². The van der Waals surface area contributed by atoms with Crippen LogP contribution in [0.15, 0.2) is 27.4 Å². The molecule has 0 aliphatic carbocycles. The fourth-order valence-electron chi connectivity index (χ4n) is 3.06. The summed E-state index contributed by atoms with van der Waals surface area (Å²) in [5.41, 5.74) is -0.537. The average molecular weight is 392 g/mol. The summed E-state index contributed by atoms with van der Waals surface area (Å²) >= 11 is 0. The standard InChI is InChI=1S/C22H32O6/c1-2-3-4-5-6-7-8-9-15-27-21-19(24)17-12-10-13-18(26-16-11-14-23)20(17)28-22(21)25/h10,12-13,23-24H,2-9,11,14-16H2,1H3. The van der Waals surface area contributed by atoms with Gasteiger partial charge in [0.15, 0.2) is 17.1 Å². The van der Waals surface area contributed by atoms with Crippen LogP contribution >= 0.6 is 0 Å². The van der Waals surface area contributed by atoms with Gasteiger partial charge in [0.05, 0.1) is 18.6 Å². The molecule has 6 heteroatoms. The lowest BCUT2D eigenvalue weighted by molar-refractivity contribution is 0.232. The van der Waals surface area contributed by atoms with Crippen molar-refractivity contribution in [2.24, 2.45) is 0 Å². The lowest BCUT2D eigenvalue weighted by Crippen LogP contribution is -2.09. The number of aliphatic hydroxyl groups excluding tert-OH is 1. The van der Waals surface area contributed by atoms with Crippen molar-refractivity contribution in [1.29, 1.82) is 0 Å². The van der Waals surface area contributed by atoms with E-state index in [1.807, 2.05) is 0 Å². The van der Waals surface area contributed by atoms with Gasteiger partial charge < -0.3 is 24.1 Å². The van der Waals surface area contributed by atoms with Crippen LogP contribution < -0.4 is 15.1 Å². The number of fused-ring (bicyclic) bond motifs is 1. The first-order valence-corrected chi connectivity index (χ1v) is 10.3. The van der Waals surface area contributed by atoms with Crippen LogP contribution in [0, 0.1) is 0 Å². The van der Waals surface area contributed by atoms with E-state index in [0.717, 1.165) is 19.3 Å². The largest absolute Gasteiger partial charge is 0.504 e. The molecular weight excluding hydrogens is 360 g/mol. The molecule has 0 amide bonds. The third kappa shape index (κ3) is 6.44. The van der Waals surface area contributed by atoms with Gasteiger partial charge >= 0.3 is 5.63 Å². The van der Waals surface area contributed by atoms with Crippen molar-refractivity contribution in [2.45, 2.75) is 64.7 Å². The maximum absolute atomic E-state index is 12.3. The molecule has 0 radical (unpaired) electrons. The molecule has 1 heterocycles. The third-order valence-electron chi connectivity index (χ3n) is 4.63. The van der Waals surface area contributed by atoms with Gasteiger partial charge in [-0.1, -0.05) is 57.9 Å². The molecule has 0 unspecified atom stereocenters. The van der Waals surface area contributed by atoms with Gasteiger partial charge in [0, 0.05) is 13.0 Å². The third-order valence-corrected chi connectivity index (χ3v) is 4.63. The number of benzene rings is 1. The predicted molar refractivity (Wildman–Crippen MR) is 109 cm³/mol. The summed E-state index contributed by atoms with van der Waals surface area (Å²) in [4.78, 5) is 12.3. The van der Waals surface area contributed by atoms with Crippen molar-refractivity contribution in [3.05, 3.63) is 28.6 Å². The molecular formula is C22H32O6. The van der Waals surface area contributed by atoms with Crippen molar-refractivity contribution >= 4 is 11.0 Å². The number of rotatable bonds is 14. The first-order chi connectivity index (χ1) is 13.7. The first kappa shape index (κ1) is 22.1. The van der Waals surface area contributed by atoms with E-state index in [1.165, 1.54) is 32.1 Å². The highest BCUT2D eigenvalue weighted by Gasteiger charge is 2.18. The number of ether oxygens (including phenoxy) is 2. The summed E-state index contributed by atoms with van der Waals surface area (Å²) in [5, 5.41) is 19.7. The Bertz CT molecular complexity index is 767. The van der Waals surface area contributed by atoms with Crippen LogP contribution in [-0.4, -0.2) is 30.0 Å². The quantitative estimate of drug-likeness (QED) is 0.355. The number of aromatic hydroxyl groups is 1. The van der Waals surface area contributed by atoms with E-state index in [9.17, 15) is 9.90 Å². The van der Waals surface area contributed by atoms with Crippen molar-refractivity contribution in [3.8, 4) is 17.2 Å². The SMILES string of the molecule is CCCCCCCCCCOc1c(O)c2cccc(OCCCO)c2oc1=O.